The Balaban J connectivity index is 2.22. The van der Waals surface area contributed by atoms with Gasteiger partial charge in [0.2, 0.25) is 11.8 Å². The molecule has 1 aliphatic heterocycles. The van der Waals surface area contributed by atoms with Crippen molar-refractivity contribution in [1.29, 1.82) is 0 Å². The Morgan fingerprint density at radius 1 is 1.42 bits per heavy atom. The molecule has 1 fully saturated rings. The molecule has 19 heavy (non-hydrogen) atoms. The lowest BCUT2D eigenvalue weighted by atomic mass is 9.98. The van der Waals surface area contributed by atoms with E-state index >= 15 is 0 Å². The number of carbonyl (C=O) groups excluding carboxylic acids is 2. The molecule has 0 radical (unpaired) electrons. The van der Waals surface area contributed by atoms with E-state index in [0.717, 1.165) is 19.4 Å². The number of hydrogen-bond acceptors (Lipinski definition) is 3. The Labute approximate surface area is 112 Å². The predicted molar refractivity (Wildman–Crippen MR) is 74.0 cm³/mol. The summed E-state index contributed by atoms with van der Waals surface area (Å²) in [6.45, 7) is 4.52. The van der Waals surface area contributed by atoms with Crippen LogP contribution in [0.5, 0.6) is 0 Å². The molecule has 1 saturated heterocycles. The highest BCUT2D eigenvalue weighted by Crippen LogP contribution is 2.23. The molecule has 0 aromatic heterocycles. The molecule has 1 unspecified atom stereocenters. The smallest absolute Gasteiger partial charge is 0.249 e. The Morgan fingerprint density at radius 3 is 2.74 bits per heavy atom. The number of amides is 2. The van der Waals surface area contributed by atoms with E-state index in [9.17, 15) is 9.59 Å². The maximum atomic E-state index is 12.3. The molecule has 1 aromatic carbocycles. The molecule has 2 amide bonds. The first kappa shape index (κ1) is 13.5. The second-order valence-electron chi connectivity index (χ2n) is 5.16. The van der Waals surface area contributed by atoms with Crippen LogP contribution < -0.4 is 16.4 Å². The van der Waals surface area contributed by atoms with Gasteiger partial charge in [-0.15, -0.1) is 0 Å². The molecule has 1 aromatic rings. The van der Waals surface area contributed by atoms with E-state index in [-0.39, 0.29) is 5.91 Å². The van der Waals surface area contributed by atoms with Crippen molar-refractivity contribution < 1.29 is 9.59 Å². The number of carbonyl (C=O) groups is 2. The summed E-state index contributed by atoms with van der Waals surface area (Å²) in [5.41, 5.74) is 6.53. The van der Waals surface area contributed by atoms with Gasteiger partial charge in [0.15, 0.2) is 0 Å². The summed E-state index contributed by atoms with van der Waals surface area (Å²) in [6.07, 6.45) is 1.80. The van der Waals surface area contributed by atoms with E-state index in [1.807, 2.05) is 6.92 Å². The van der Waals surface area contributed by atoms with Gasteiger partial charge in [-0.1, -0.05) is 6.07 Å². The standard InChI is InChI=1S/C14H19N3O2/c1-9-10(12(15)18)5-3-6-11(9)17-13(19)14(2)7-4-8-16-14/h3,5-6,16H,4,7-8H2,1-2H3,(H2,15,18)(H,17,19). The zero-order chi connectivity index (χ0) is 14.0. The fraction of sp³-hybridized carbons (Fsp3) is 0.429. The monoisotopic (exact) mass is 261 g/mol. The van der Waals surface area contributed by atoms with E-state index < -0.39 is 11.4 Å². The Bertz CT molecular complexity index is 519. The minimum absolute atomic E-state index is 0.0743. The van der Waals surface area contributed by atoms with Crippen molar-refractivity contribution in [3.63, 3.8) is 0 Å². The average molecular weight is 261 g/mol. The van der Waals surface area contributed by atoms with Crippen LogP contribution in [0.25, 0.3) is 0 Å². The first-order chi connectivity index (χ1) is 8.94. The molecule has 102 valence electrons. The van der Waals surface area contributed by atoms with Crippen molar-refractivity contribution in [2.24, 2.45) is 5.73 Å². The fourth-order valence-corrected chi connectivity index (χ4v) is 2.39. The zero-order valence-corrected chi connectivity index (χ0v) is 11.2. The molecule has 2 rings (SSSR count). The van der Waals surface area contributed by atoms with Gasteiger partial charge < -0.3 is 16.4 Å². The minimum Gasteiger partial charge on any atom is -0.366 e. The van der Waals surface area contributed by atoms with E-state index in [0.29, 0.717) is 16.8 Å². The summed E-state index contributed by atoms with van der Waals surface area (Å²) in [4.78, 5) is 23.6. The molecule has 0 saturated carbocycles. The van der Waals surface area contributed by atoms with E-state index in [1.54, 1.807) is 25.1 Å². The molecule has 0 spiro atoms. The summed E-state index contributed by atoms with van der Waals surface area (Å²) in [5, 5.41) is 6.08. The second-order valence-corrected chi connectivity index (χ2v) is 5.16. The minimum atomic E-state index is -0.533. The highest BCUT2D eigenvalue weighted by atomic mass is 16.2. The maximum Gasteiger partial charge on any atom is 0.249 e. The SMILES string of the molecule is Cc1c(NC(=O)C2(C)CCCN2)cccc1C(N)=O. The van der Waals surface area contributed by atoms with Crippen molar-refractivity contribution >= 4 is 17.5 Å². The first-order valence-corrected chi connectivity index (χ1v) is 6.40. The maximum absolute atomic E-state index is 12.3. The normalized spacial score (nSPS) is 22.2. The summed E-state index contributed by atoms with van der Waals surface area (Å²) in [6, 6.07) is 5.15. The van der Waals surface area contributed by atoms with E-state index in [4.69, 9.17) is 5.73 Å². The third-order valence-electron chi connectivity index (χ3n) is 3.72. The molecule has 1 heterocycles. The number of rotatable bonds is 3. The van der Waals surface area contributed by atoms with Crippen molar-refractivity contribution in [2.45, 2.75) is 32.2 Å². The Morgan fingerprint density at radius 2 is 2.16 bits per heavy atom. The van der Waals surface area contributed by atoms with Crippen LogP contribution in [0, 0.1) is 6.92 Å². The summed E-state index contributed by atoms with van der Waals surface area (Å²) < 4.78 is 0. The quantitative estimate of drug-likeness (QED) is 0.763. The zero-order valence-electron chi connectivity index (χ0n) is 11.2. The van der Waals surface area contributed by atoms with E-state index in [1.165, 1.54) is 0 Å². The van der Waals surface area contributed by atoms with Crippen LogP contribution in [0.3, 0.4) is 0 Å². The van der Waals surface area contributed by atoms with Gasteiger partial charge in [0.25, 0.3) is 0 Å². The lowest BCUT2D eigenvalue weighted by Crippen LogP contribution is -2.48. The van der Waals surface area contributed by atoms with Crippen LogP contribution in [0.4, 0.5) is 5.69 Å². The summed E-state index contributed by atoms with van der Waals surface area (Å²) >= 11 is 0. The van der Waals surface area contributed by atoms with Gasteiger partial charge in [-0.05, 0) is 50.9 Å². The highest BCUT2D eigenvalue weighted by molar-refractivity contribution is 6.01. The van der Waals surface area contributed by atoms with Gasteiger partial charge in [-0.25, -0.2) is 0 Å². The summed E-state index contributed by atoms with van der Waals surface area (Å²) in [5.74, 6) is -0.562. The molecule has 5 heteroatoms. The van der Waals surface area contributed by atoms with Gasteiger partial charge in [0, 0.05) is 11.3 Å². The molecular weight excluding hydrogens is 242 g/mol. The number of hydrogen-bond donors (Lipinski definition) is 3. The van der Waals surface area contributed by atoms with Crippen LogP contribution in [0.1, 0.15) is 35.7 Å². The van der Waals surface area contributed by atoms with Crippen molar-refractivity contribution in [3.8, 4) is 0 Å². The fourth-order valence-electron chi connectivity index (χ4n) is 2.39. The van der Waals surface area contributed by atoms with Crippen LogP contribution in [0.15, 0.2) is 18.2 Å². The van der Waals surface area contributed by atoms with Gasteiger partial charge in [0.05, 0.1) is 5.54 Å². The van der Waals surface area contributed by atoms with E-state index in [2.05, 4.69) is 10.6 Å². The number of nitrogens with two attached hydrogens (primary N) is 1. The van der Waals surface area contributed by atoms with Crippen molar-refractivity contribution in [2.75, 3.05) is 11.9 Å². The average Bonchev–Trinajstić information content (AvgIpc) is 2.80. The van der Waals surface area contributed by atoms with Gasteiger partial charge in [-0.3, -0.25) is 9.59 Å². The predicted octanol–water partition coefficient (Wildman–Crippen LogP) is 1.17. The Hall–Kier alpha value is -1.88. The van der Waals surface area contributed by atoms with Crippen LogP contribution in [0.2, 0.25) is 0 Å². The summed E-state index contributed by atoms with van der Waals surface area (Å²) in [7, 11) is 0. The largest absolute Gasteiger partial charge is 0.366 e. The molecule has 4 N–H and O–H groups in total. The van der Waals surface area contributed by atoms with Gasteiger partial charge in [-0.2, -0.15) is 0 Å². The lowest BCUT2D eigenvalue weighted by molar-refractivity contribution is -0.121. The molecular formula is C14H19N3O2. The Kier molecular flexibility index (Phi) is 3.57. The molecule has 5 nitrogen and oxygen atoms in total. The first-order valence-electron chi connectivity index (χ1n) is 6.40. The third kappa shape index (κ3) is 2.61. The lowest BCUT2D eigenvalue weighted by Gasteiger charge is -2.23. The topological polar surface area (TPSA) is 84.2 Å². The number of anilines is 1. The van der Waals surface area contributed by atoms with Gasteiger partial charge in [0.1, 0.15) is 0 Å². The number of benzene rings is 1. The van der Waals surface area contributed by atoms with Crippen LogP contribution >= 0.6 is 0 Å². The molecule has 0 bridgehead atoms. The number of nitrogens with one attached hydrogen (secondary N) is 2. The van der Waals surface area contributed by atoms with Crippen LogP contribution in [-0.4, -0.2) is 23.9 Å². The molecule has 1 aliphatic rings. The highest BCUT2D eigenvalue weighted by Gasteiger charge is 2.36. The molecule has 0 aliphatic carbocycles. The van der Waals surface area contributed by atoms with Crippen molar-refractivity contribution in [3.05, 3.63) is 29.3 Å². The molecule has 1 atom stereocenters. The third-order valence-corrected chi connectivity index (χ3v) is 3.72. The van der Waals surface area contributed by atoms with Crippen molar-refractivity contribution in [1.82, 2.24) is 5.32 Å². The van der Waals surface area contributed by atoms with Gasteiger partial charge >= 0.3 is 0 Å². The second kappa shape index (κ2) is 5.01. The number of primary amides is 1. The van der Waals surface area contributed by atoms with Crippen LogP contribution in [-0.2, 0) is 4.79 Å².